The molecule has 0 aliphatic rings. The van der Waals surface area contributed by atoms with E-state index in [9.17, 15) is 4.39 Å². The van der Waals surface area contributed by atoms with Gasteiger partial charge in [0.2, 0.25) is 0 Å². The Morgan fingerprint density at radius 3 is 2.82 bits per heavy atom. The first kappa shape index (κ1) is 10.4. The van der Waals surface area contributed by atoms with Crippen molar-refractivity contribution in [3.8, 4) is 10.6 Å². The third kappa shape index (κ3) is 1.94. The molecule has 0 fully saturated rings. The third-order valence-corrected chi connectivity index (χ3v) is 3.70. The molecule has 3 rings (SSSR count). The van der Waals surface area contributed by atoms with Crippen LogP contribution in [0.25, 0.3) is 20.8 Å². The largest absolute Gasteiger partial charge is 0.236 e. The van der Waals surface area contributed by atoms with E-state index < -0.39 is 0 Å². The van der Waals surface area contributed by atoms with Crippen LogP contribution >= 0.6 is 11.3 Å². The second-order valence-electron chi connectivity index (χ2n) is 4.00. The number of nitrogens with zero attached hydrogens (tertiary/aromatic N) is 1. The van der Waals surface area contributed by atoms with Crippen molar-refractivity contribution in [2.24, 2.45) is 0 Å². The minimum Gasteiger partial charge on any atom is -0.236 e. The average molecular weight is 243 g/mol. The Bertz CT molecular complexity index is 688. The van der Waals surface area contributed by atoms with E-state index in [1.54, 1.807) is 17.4 Å². The lowest BCUT2D eigenvalue weighted by Crippen LogP contribution is -1.78. The van der Waals surface area contributed by atoms with Gasteiger partial charge in [0, 0.05) is 5.56 Å². The van der Waals surface area contributed by atoms with Crippen molar-refractivity contribution in [1.82, 2.24) is 4.98 Å². The number of rotatable bonds is 1. The first-order valence-corrected chi connectivity index (χ1v) is 6.17. The molecule has 0 aliphatic carbocycles. The summed E-state index contributed by atoms with van der Waals surface area (Å²) in [7, 11) is 0. The smallest absolute Gasteiger partial charge is 0.124 e. The topological polar surface area (TPSA) is 12.9 Å². The zero-order valence-electron chi connectivity index (χ0n) is 9.27. The van der Waals surface area contributed by atoms with Gasteiger partial charge in [-0.2, -0.15) is 0 Å². The third-order valence-electron chi connectivity index (χ3n) is 2.61. The number of benzene rings is 2. The first-order valence-electron chi connectivity index (χ1n) is 5.35. The van der Waals surface area contributed by atoms with Gasteiger partial charge in [-0.15, -0.1) is 11.3 Å². The monoisotopic (exact) mass is 243 g/mol. The number of aromatic nitrogens is 1. The fraction of sp³-hybridized carbons (Fsp3) is 0.0714. The summed E-state index contributed by atoms with van der Waals surface area (Å²) >= 11 is 1.59. The van der Waals surface area contributed by atoms with Crippen LogP contribution in [0.1, 0.15) is 5.56 Å². The molecule has 0 aliphatic heterocycles. The summed E-state index contributed by atoms with van der Waals surface area (Å²) in [6, 6.07) is 12.7. The van der Waals surface area contributed by atoms with Crippen LogP contribution < -0.4 is 0 Å². The molecule has 1 nitrogen and oxygen atoms in total. The Morgan fingerprint density at radius 2 is 2.00 bits per heavy atom. The van der Waals surface area contributed by atoms with Gasteiger partial charge in [-0.05, 0) is 36.8 Å². The molecule has 0 spiro atoms. The van der Waals surface area contributed by atoms with Crippen LogP contribution in [0.4, 0.5) is 4.39 Å². The maximum absolute atomic E-state index is 13.1. The maximum Gasteiger partial charge on any atom is 0.124 e. The highest BCUT2D eigenvalue weighted by molar-refractivity contribution is 7.21. The fourth-order valence-corrected chi connectivity index (χ4v) is 2.72. The highest BCUT2D eigenvalue weighted by Gasteiger charge is 2.06. The van der Waals surface area contributed by atoms with Gasteiger partial charge in [0.05, 0.1) is 10.2 Å². The highest BCUT2D eigenvalue weighted by atomic mass is 32.1. The van der Waals surface area contributed by atoms with Gasteiger partial charge in [0.1, 0.15) is 10.8 Å². The van der Waals surface area contributed by atoms with Crippen molar-refractivity contribution in [2.45, 2.75) is 6.92 Å². The van der Waals surface area contributed by atoms with E-state index >= 15 is 0 Å². The molecule has 0 N–H and O–H groups in total. The quantitative estimate of drug-likeness (QED) is 0.617. The lowest BCUT2D eigenvalue weighted by atomic mass is 10.2. The number of aryl methyl sites for hydroxylation is 1. The summed E-state index contributed by atoms with van der Waals surface area (Å²) in [5, 5.41) is 0.866. The van der Waals surface area contributed by atoms with Gasteiger partial charge in [0.15, 0.2) is 0 Å². The minimum absolute atomic E-state index is 0.224. The van der Waals surface area contributed by atoms with Crippen molar-refractivity contribution in [3.05, 3.63) is 53.8 Å². The van der Waals surface area contributed by atoms with Crippen molar-refractivity contribution in [2.75, 3.05) is 0 Å². The van der Waals surface area contributed by atoms with Gasteiger partial charge < -0.3 is 0 Å². The minimum atomic E-state index is -0.224. The van der Waals surface area contributed by atoms with E-state index in [2.05, 4.69) is 23.2 Å². The summed E-state index contributed by atoms with van der Waals surface area (Å²) in [6.07, 6.45) is 0. The molecule has 3 heteroatoms. The molecule has 0 bridgehead atoms. The Labute approximate surface area is 103 Å². The molecule has 0 unspecified atom stereocenters. The zero-order chi connectivity index (χ0) is 11.8. The number of hydrogen-bond acceptors (Lipinski definition) is 2. The van der Waals surface area contributed by atoms with Crippen LogP contribution in [0.3, 0.4) is 0 Å². The zero-order valence-corrected chi connectivity index (χ0v) is 10.1. The molecule has 2 aromatic carbocycles. The van der Waals surface area contributed by atoms with Crippen LogP contribution in [0.5, 0.6) is 0 Å². The Hall–Kier alpha value is -1.74. The van der Waals surface area contributed by atoms with Crippen LogP contribution in [0.15, 0.2) is 42.5 Å². The molecule has 0 radical (unpaired) electrons. The Balaban J connectivity index is 2.18. The summed E-state index contributed by atoms with van der Waals surface area (Å²) in [6.45, 7) is 2.04. The number of hydrogen-bond donors (Lipinski definition) is 0. The van der Waals surface area contributed by atoms with E-state index in [4.69, 9.17) is 0 Å². The maximum atomic E-state index is 13.1. The molecule has 0 amide bonds. The van der Waals surface area contributed by atoms with Crippen LogP contribution in [0.2, 0.25) is 0 Å². The van der Waals surface area contributed by atoms with E-state index in [0.29, 0.717) is 0 Å². The van der Waals surface area contributed by atoms with Crippen molar-refractivity contribution in [3.63, 3.8) is 0 Å². The summed E-state index contributed by atoms with van der Waals surface area (Å²) in [4.78, 5) is 4.54. The normalized spacial score (nSPS) is 10.9. The van der Waals surface area contributed by atoms with E-state index in [0.717, 1.165) is 20.8 Å². The lowest BCUT2D eigenvalue weighted by molar-refractivity contribution is 0.628. The first-order chi connectivity index (χ1) is 8.22. The SMILES string of the molecule is Cc1ccc2sc(-c3cccc(F)c3)nc2c1. The molecule has 1 aromatic heterocycles. The van der Waals surface area contributed by atoms with Gasteiger partial charge >= 0.3 is 0 Å². The molecular formula is C14H10FNS. The van der Waals surface area contributed by atoms with Gasteiger partial charge in [0.25, 0.3) is 0 Å². The van der Waals surface area contributed by atoms with Gasteiger partial charge in [-0.25, -0.2) is 9.37 Å². The highest BCUT2D eigenvalue weighted by Crippen LogP contribution is 2.30. The number of fused-ring (bicyclic) bond motifs is 1. The Morgan fingerprint density at radius 1 is 1.12 bits per heavy atom. The van der Waals surface area contributed by atoms with E-state index in [1.807, 2.05) is 13.0 Å². The van der Waals surface area contributed by atoms with E-state index in [1.165, 1.54) is 17.7 Å². The average Bonchev–Trinajstić information content (AvgIpc) is 2.72. The fourth-order valence-electron chi connectivity index (χ4n) is 1.78. The second kappa shape index (κ2) is 3.93. The molecule has 0 atom stereocenters. The van der Waals surface area contributed by atoms with Crippen molar-refractivity contribution >= 4 is 21.6 Å². The second-order valence-corrected chi connectivity index (χ2v) is 5.03. The molecule has 1 heterocycles. The van der Waals surface area contributed by atoms with Crippen LogP contribution in [-0.2, 0) is 0 Å². The van der Waals surface area contributed by atoms with Crippen LogP contribution in [0, 0.1) is 12.7 Å². The molecule has 17 heavy (non-hydrogen) atoms. The molecule has 0 saturated carbocycles. The molecule has 0 saturated heterocycles. The lowest BCUT2D eigenvalue weighted by Gasteiger charge is -1.94. The van der Waals surface area contributed by atoms with Gasteiger partial charge in [-0.3, -0.25) is 0 Å². The van der Waals surface area contributed by atoms with E-state index in [-0.39, 0.29) is 5.82 Å². The summed E-state index contributed by atoms with van der Waals surface area (Å²) in [5.74, 6) is -0.224. The summed E-state index contributed by atoms with van der Waals surface area (Å²) in [5.41, 5.74) is 3.01. The van der Waals surface area contributed by atoms with Crippen molar-refractivity contribution < 1.29 is 4.39 Å². The van der Waals surface area contributed by atoms with Crippen LogP contribution in [-0.4, -0.2) is 4.98 Å². The predicted octanol–water partition coefficient (Wildman–Crippen LogP) is 4.41. The standard InChI is InChI=1S/C14H10FNS/c1-9-5-6-13-12(7-9)16-14(17-13)10-3-2-4-11(15)8-10/h2-8H,1H3. The van der Waals surface area contributed by atoms with Gasteiger partial charge in [-0.1, -0.05) is 18.2 Å². The Kier molecular flexibility index (Phi) is 2.41. The number of halogens is 1. The predicted molar refractivity (Wildman–Crippen MR) is 69.8 cm³/mol. The molecule has 3 aromatic rings. The molecule has 84 valence electrons. The summed E-state index contributed by atoms with van der Waals surface area (Å²) < 4.78 is 14.3. The van der Waals surface area contributed by atoms with Crippen molar-refractivity contribution in [1.29, 1.82) is 0 Å². The molecular weight excluding hydrogens is 233 g/mol. The number of thiazole rings is 1.